The van der Waals surface area contributed by atoms with Crippen LogP contribution in [0.4, 0.5) is 0 Å². The molecule has 0 amide bonds. The van der Waals surface area contributed by atoms with Crippen LogP contribution >= 0.6 is 0 Å². The Labute approximate surface area is 105 Å². The van der Waals surface area contributed by atoms with Crippen molar-refractivity contribution in [2.75, 3.05) is 7.11 Å². The number of methoxy groups -OCH3 is 1. The second kappa shape index (κ2) is 6.18. The molecular weight excluding hydrogens is 212 g/mol. The SMILES string of the molecule is COC(C)(C)CCC(O)C(C)c1ccccc1. The lowest BCUT2D eigenvalue weighted by atomic mass is 9.90. The highest BCUT2D eigenvalue weighted by Gasteiger charge is 2.21. The van der Waals surface area contributed by atoms with Crippen LogP contribution in [0.3, 0.4) is 0 Å². The maximum Gasteiger partial charge on any atom is 0.0623 e. The first-order valence-corrected chi connectivity index (χ1v) is 6.24. The fourth-order valence-corrected chi connectivity index (χ4v) is 1.83. The van der Waals surface area contributed by atoms with E-state index in [1.54, 1.807) is 7.11 Å². The number of rotatable bonds is 6. The second-order valence-electron chi connectivity index (χ2n) is 5.27. The van der Waals surface area contributed by atoms with Crippen molar-refractivity contribution in [1.82, 2.24) is 0 Å². The normalized spacial score (nSPS) is 15.6. The molecule has 2 heteroatoms. The second-order valence-corrected chi connectivity index (χ2v) is 5.27. The summed E-state index contributed by atoms with van der Waals surface area (Å²) in [5, 5.41) is 10.2. The van der Waals surface area contributed by atoms with Gasteiger partial charge >= 0.3 is 0 Å². The van der Waals surface area contributed by atoms with Gasteiger partial charge in [0.05, 0.1) is 11.7 Å². The van der Waals surface area contributed by atoms with Crippen molar-refractivity contribution < 1.29 is 9.84 Å². The van der Waals surface area contributed by atoms with Crippen molar-refractivity contribution in [2.24, 2.45) is 0 Å². The number of hydrogen-bond donors (Lipinski definition) is 1. The average molecular weight is 236 g/mol. The highest BCUT2D eigenvalue weighted by molar-refractivity contribution is 5.19. The van der Waals surface area contributed by atoms with Crippen molar-refractivity contribution in [2.45, 2.75) is 51.2 Å². The molecule has 96 valence electrons. The molecule has 0 saturated carbocycles. The Bertz CT molecular complexity index is 319. The summed E-state index contributed by atoms with van der Waals surface area (Å²) < 4.78 is 5.36. The Kier molecular flexibility index (Phi) is 5.16. The predicted molar refractivity (Wildman–Crippen MR) is 71.2 cm³/mol. The topological polar surface area (TPSA) is 29.5 Å². The number of ether oxygens (including phenoxy) is 1. The molecule has 0 heterocycles. The van der Waals surface area contributed by atoms with Crippen molar-refractivity contribution >= 4 is 0 Å². The van der Waals surface area contributed by atoms with Gasteiger partial charge in [-0.25, -0.2) is 0 Å². The lowest BCUT2D eigenvalue weighted by Crippen LogP contribution is -2.26. The molecule has 2 unspecified atom stereocenters. The van der Waals surface area contributed by atoms with Crippen LogP contribution in [0.1, 0.15) is 45.1 Å². The monoisotopic (exact) mass is 236 g/mol. The van der Waals surface area contributed by atoms with Gasteiger partial charge < -0.3 is 9.84 Å². The highest BCUT2D eigenvalue weighted by atomic mass is 16.5. The molecule has 0 bridgehead atoms. The molecule has 0 spiro atoms. The van der Waals surface area contributed by atoms with Crippen molar-refractivity contribution in [3.05, 3.63) is 35.9 Å². The maximum absolute atomic E-state index is 10.2. The number of hydrogen-bond acceptors (Lipinski definition) is 2. The third-order valence-corrected chi connectivity index (χ3v) is 3.50. The summed E-state index contributed by atoms with van der Waals surface area (Å²) in [5.41, 5.74) is 1.03. The lowest BCUT2D eigenvalue weighted by molar-refractivity contribution is 0.000844. The largest absolute Gasteiger partial charge is 0.393 e. The molecule has 2 atom stereocenters. The third kappa shape index (κ3) is 4.49. The molecule has 0 radical (unpaired) electrons. The van der Waals surface area contributed by atoms with E-state index in [4.69, 9.17) is 4.74 Å². The zero-order valence-electron chi connectivity index (χ0n) is 11.3. The Morgan fingerprint density at radius 3 is 2.35 bits per heavy atom. The first kappa shape index (κ1) is 14.2. The van der Waals surface area contributed by atoms with Crippen LogP contribution < -0.4 is 0 Å². The van der Waals surface area contributed by atoms with Crippen LogP contribution in [0.15, 0.2) is 30.3 Å². The van der Waals surface area contributed by atoms with Gasteiger partial charge in [-0.2, -0.15) is 0 Å². The summed E-state index contributed by atoms with van der Waals surface area (Å²) in [6.45, 7) is 6.17. The molecule has 1 aromatic carbocycles. The fraction of sp³-hybridized carbons (Fsp3) is 0.600. The minimum absolute atomic E-state index is 0.155. The van der Waals surface area contributed by atoms with Gasteiger partial charge in [-0.3, -0.25) is 0 Å². The third-order valence-electron chi connectivity index (χ3n) is 3.50. The van der Waals surface area contributed by atoms with Gasteiger partial charge in [-0.1, -0.05) is 37.3 Å². The molecule has 17 heavy (non-hydrogen) atoms. The van der Waals surface area contributed by atoms with Crippen LogP contribution in [0.5, 0.6) is 0 Å². The van der Waals surface area contributed by atoms with E-state index in [-0.39, 0.29) is 17.6 Å². The smallest absolute Gasteiger partial charge is 0.0623 e. The molecule has 0 aliphatic rings. The van der Waals surface area contributed by atoms with E-state index in [2.05, 4.69) is 19.1 Å². The zero-order valence-corrected chi connectivity index (χ0v) is 11.3. The van der Waals surface area contributed by atoms with Crippen LogP contribution in [-0.2, 0) is 4.74 Å². The van der Waals surface area contributed by atoms with Crippen LogP contribution in [0.2, 0.25) is 0 Å². The van der Waals surface area contributed by atoms with E-state index in [1.807, 2.05) is 32.0 Å². The van der Waals surface area contributed by atoms with Gasteiger partial charge in [0.25, 0.3) is 0 Å². The summed E-state index contributed by atoms with van der Waals surface area (Å²) in [7, 11) is 1.72. The Hall–Kier alpha value is -0.860. The fourth-order valence-electron chi connectivity index (χ4n) is 1.83. The quantitative estimate of drug-likeness (QED) is 0.820. The van der Waals surface area contributed by atoms with E-state index in [1.165, 1.54) is 5.56 Å². The van der Waals surface area contributed by atoms with Gasteiger partial charge in [0.15, 0.2) is 0 Å². The first-order chi connectivity index (χ1) is 7.96. The number of benzene rings is 1. The van der Waals surface area contributed by atoms with E-state index in [9.17, 15) is 5.11 Å². The molecule has 1 rings (SSSR count). The maximum atomic E-state index is 10.2. The van der Waals surface area contributed by atoms with Gasteiger partial charge in [0.1, 0.15) is 0 Å². The van der Waals surface area contributed by atoms with Crippen molar-refractivity contribution in [3.63, 3.8) is 0 Å². The van der Waals surface area contributed by atoms with Crippen LogP contribution in [0.25, 0.3) is 0 Å². The summed E-state index contributed by atoms with van der Waals surface area (Å²) in [5.74, 6) is 0.170. The first-order valence-electron chi connectivity index (χ1n) is 6.24. The molecular formula is C15H24O2. The molecule has 1 aromatic rings. The van der Waals surface area contributed by atoms with Gasteiger partial charge in [0.2, 0.25) is 0 Å². The average Bonchev–Trinajstić information content (AvgIpc) is 2.36. The Morgan fingerprint density at radius 1 is 1.24 bits per heavy atom. The Balaban J connectivity index is 2.51. The zero-order chi connectivity index (χ0) is 12.9. The van der Waals surface area contributed by atoms with Crippen molar-refractivity contribution in [3.8, 4) is 0 Å². The Morgan fingerprint density at radius 2 is 1.82 bits per heavy atom. The molecule has 0 fully saturated rings. The molecule has 1 N–H and O–H groups in total. The van der Waals surface area contributed by atoms with E-state index < -0.39 is 0 Å². The van der Waals surface area contributed by atoms with E-state index in [0.717, 1.165) is 12.8 Å². The molecule has 0 aliphatic carbocycles. The van der Waals surface area contributed by atoms with Gasteiger partial charge in [-0.05, 0) is 32.3 Å². The lowest BCUT2D eigenvalue weighted by Gasteiger charge is -2.26. The number of aliphatic hydroxyl groups is 1. The summed E-state index contributed by atoms with van der Waals surface area (Å²) in [6.07, 6.45) is 1.31. The molecule has 2 nitrogen and oxygen atoms in total. The highest BCUT2D eigenvalue weighted by Crippen LogP contribution is 2.25. The molecule has 0 saturated heterocycles. The predicted octanol–water partition coefficient (Wildman–Crippen LogP) is 3.36. The van der Waals surface area contributed by atoms with E-state index >= 15 is 0 Å². The van der Waals surface area contributed by atoms with Crippen LogP contribution in [-0.4, -0.2) is 23.9 Å². The molecule has 0 aliphatic heterocycles. The molecule has 0 aromatic heterocycles. The van der Waals surface area contributed by atoms with Crippen LogP contribution in [0, 0.1) is 0 Å². The van der Waals surface area contributed by atoms with Crippen molar-refractivity contribution in [1.29, 1.82) is 0 Å². The number of aliphatic hydroxyl groups excluding tert-OH is 1. The minimum Gasteiger partial charge on any atom is -0.393 e. The minimum atomic E-state index is -0.313. The summed E-state index contributed by atoms with van der Waals surface area (Å²) in [4.78, 5) is 0. The summed E-state index contributed by atoms with van der Waals surface area (Å²) >= 11 is 0. The van der Waals surface area contributed by atoms with Gasteiger partial charge in [0, 0.05) is 13.0 Å². The van der Waals surface area contributed by atoms with E-state index in [0.29, 0.717) is 0 Å². The van der Waals surface area contributed by atoms with Gasteiger partial charge in [-0.15, -0.1) is 0 Å². The summed E-state index contributed by atoms with van der Waals surface area (Å²) in [6, 6.07) is 10.1. The standard InChI is InChI=1S/C15H24O2/c1-12(13-8-6-5-7-9-13)14(16)10-11-15(2,3)17-4/h5-9,12,14,16H,10-11H2,1-4H3.